The predicted molar refractivity (Wildman–Crippen MR) is 72.6 cm³/mol. The number of hydrogen-bond acceptors (Lipinski definition) is 3. The van der Waals surface area contributed by atoms with Gasteiger partial charge in [-0.25, -0.2) is 0 Å². The molecule has 0 spiro atoms. The number of amides is 1. The molecule has 0 bridgehead atoms. The van der Waals surface area contributed by atoms with Gasteiger partial charge < -0.3 is 14.6 Å². The number of nitrogens with zero attached hydrogens (tertiary/aromatic N) is 1. The fourth-order valence-corrected chi connectivity index (χ4v) is 1.70. The first-order valence-electron chi connectivity index (χ1n) is 5.73. The summed E-state index contributed by atoms with van der Waals surface area (Å²) in [6, 6.07) is 10.3. The van der Waals surface area contributed by atoms with Crippen LogP contribution in [-0.4, -0.2) is 17.6 Å². The Morgan fingerprint density at radius 2 is 1.95 bits per heavy atom. The molecular formula is C14H14N2O3. The molecule has 1 aromatic carbocycles. The zero-order chi connectivity index (χ0) is 13.8. The molecule has 98 valence electrons. The molecule has 5 heteroatoms. The summed E-state index contributed by atoms with van der Waals surface area (Å²) in [5, 5.41) is 2.72. The third-order valence-electron chi connectivity index (χ3n) is 2.69. The number of nitrogens with one attached hydrogen (secondary N) is 1. The Morgan fingerprint density at radius 3 is 2.58 bits per heavy atom. The highest BCUT2D eigenvalue weighted by Crippen LogP contribution is 2.09. The summed E-state index contributed by atoms with van der Waals surface area (Å²) in [4.78, 5) is 23.7. The standard InChI is InChI=1S/C14H14N2O3/c1-16-9-13(19-2)12(17)8-11(16)14(18)15-10-6-4-3-5-7-10/h3-9H,1-2H3,(H,15,18). The molecule has 2 rings (SSSR count). The van der Waals surface area contributed by atoms with Crippen LogP contribution in [0.15, 0.2) is 47.4 Å². The molecule has 0 unspecified atom stereocenters. The highest BCUT2D eigenvalue weighted by Gasteiger charge is 2.12. The van der Waals surface area contributed by atoms with Crippen molar-refractivity contribution in [1.29, 1.82) is 0 Å². The number of hydrogen-bond donors (Lipinski definition) is 1. The van der Waals surface area contributed by atoms with Gasteiger partial charge in [-0.05, 0) is 12.1 Å². The number of pyridine rings is 1. The summed E-state index contributed by atoms with van der Waals surface area (Å²) in [7, 11) is 3.10. The van der Waals surface area contributed by atoms with Gasteiger partial charge in [0.25, 0.3) is 5.91 Å². The summed E-state index contributed by atoms with van der Waals surface area (Å²) < 4.78 is 6.47. The van der Waals surface area contributed by atoms with Gasteiger partial charge >= 0.3 is 0 Å². The Hall–Kier alpha value is -2.56. The predicted octanol–water partition coefficient (Wildman–Crippen LogP) is 1.65. The van der Waals surface area contributed by atoms with Gasteiger partial charge in [0.1, 0.15) is 5.69 Å². The van der Waals surface area contributed by atoms with Crippen LogP contribution in [0.2, 0.25) is 0 Å². The number of carbonyl (C=O) groups is 1. The van der Waals surface area contributed by atoms with Crippen molar-refractivity contribution in [3.05, 3.63) is 58.5 Å². The maximum Gasteiger partial charge on any atom is 0.272 e. The van der Waals surface area contributed by atoms with Crippen molar-refractivity contribution in [3.8, 4) is 5.75 Å². The molecule has 0 aliphatic carbocycles. The molecule has 2 aromatic rings. The minimum Gasteiger partial charge on any atom is -0.491 e. The lowest BCUT2D eigenvalue weighted by Crippen LogP contribution is -2.21. The summed E-state index contributed by atoms with van der Waals surface area (Å²) in [5.74, 6) is -0.132. The highest BCUT2D eigenvalue weighted by atomic mass is 16.5. The zero-order valence-electron chi connectivity index (χ0n) is 10.7. The van der Waals surface area contributed by atoms with Crippen molar-refractivity contribution in [3.63, 3.8) is 0 Å². The Morgan fingerprint density at radius 1 is 1.26 bits per heavy atom. The molecule has 0 saturated heterocycles. The molecule has 1 N–H and O–H groups in total. The van der Waals surface area contributed by atoms with Gasteiger partial charge in [0.2, 0.25) is 5.43 Å². The molecule has 0 radical (unpaired) electrons. The fourth-order valence-electron chi connectivity index (χ4n) is 1.70. The van der Waals surface area contributed by atoms with Gasteiger partial charge in [0.15, 0.2) is 5.75 Å². The van der Waals surface area contributed by atoms with E-state index in [1.807, 2.05) is 18.2 Å². The molecule has 1 aromatic heterocycles. The van der Waals surface area contributed by atoms with Crippen LogP contribution in [0.25, 0.3) is 0 Å². The van der Waals surface area contributed by atoms with Crippen LogP contribution < -0.4 is 15.5 Å². The Kier molecular flexibility index (Phi) is 3.66. The smallest absolute Gasteiger partial charge is 0.272 e. The largest absolute Gasteiger partial charge is 0.491 e. The average Bonchev–Trinajstić information content (AvgIpc) is 2.42. The van der Waals surface area contributed by atoms with Gasteiger partial charge in [-0.15, -0.1) is 0 Å². The van der Waals surface area contributed by atoms with Crippen molar-refractivity contribution >= 4 is 11.6 Å². The van der Waals surface area contributed by atoms with E-state index in [0.29, 0.717) is 5.69 Å². The zero-order valence-corrected chi connectivity index (χ0v) is 10.7. The van der Waals surface area contributed by atoms with Gasteiger partial charge in [0, 0.05) is 18.8 Å². The van der Waals surface area contributed by atoms with E-state index in [1.165, 1.54) is 19.4 Å². The van der Waals surface area contributed by atoms with Crippen LogP contribution in [0.3, 0.4) is 0 Å². The van der Waals surface area contributed by atoms with E-state index >= 15 is 0 Å². The molecule has 0 aliphatic heterocycles. The number of para-hydroxylation sites is 1. The molecule has 19 heavy (non-hydrogen) atoms. The van der Waals surface area contributed by atoms with Crippen LogP contribution in [0.5, 0.6) is 5.75 Å². The maximum absolute atomic E-state index is 12.1. The third-order valence-corrected chi connectivity index (χ3v) is 2.69. The quantitative estimate of drug-likeness (QED) is 0.910. The highest BCUT2D eigenvalue weighted by molar-refractivity contribution is 6.03. The summed E-state index contributed by atoms with van der Waals surface area (Å²) in [6.07, 6.45) is 1.49. The van der Waals surface area contributed by atoms with E-state index in [4.69, 9.17) is 4.74 Å². The number of anilines is 1. The van der Waals surface area contributed by atoms with Crippen LogP contribution >= 0.6 is 0 Å². The van der Waals surface area contributed by atoms with E-state index in [1.54, 1.807) is 23.7 Å². The third kappa shape index (κ3) is 2.82. The van der Waals surface area contributed by atoms with Crippen LogP contribution in [-0.2, 0) is 7.05 Å². The van der Waals surface area contributed by atoms with Crippen molar-refractivity contribution in [2.24, 2.45) is 7.05 Å². The second-order valence-electron chi connectivity index (χ2n) is 4.02. The van der Waals surface area contributed by atoms with Crippen LogP contribution in [0.1, 0.15) is 10.5 Å². The number of rotatable bonds is 3. The molecule has 1 heterocycles. The Balaban J connectivity index is 2.30. The van der Waals surface area contributed by atoms with Crippen molar-refractivity contribution in [2.75, 3.05) is 12.4 Å². The van der Waals surface area contributed by atoms with E-state index in [0.717, 1.165) is 0 Å². The second-order valence-corrected chi connectivity index (χ2v) is 4.02. The number of carbonyl (C=O) groups excluding carboxylic acids is 1. The first-order chi connectivity index (χ1) is 9.11. The van der Waals surface area contributed by atoms with Gasteiger partial charge in [-0.2, -0.15) is 0 Å². The number of benzene rings is 1. The minimum absolute atomic E-state index is 0.207. The molecule has 5 nitrogen and oxygen atoms in total. The minimum atomic E-state index is -0.339. The Bertz CT molecular complexity index is 647. The van der Waals surface area contributed by atoms with E-state index < -0.39 is 0 Å². The molecule has 0 fully saturated rings. The lowest BCUT2D eigenvalue weighted by atomic mass is 10.2. The first-order valence-corrected chi connectivity index (χ1v) is 5.73. The molecular weight excluding hydrogens is 244 g/mol. The van der Waals surface area contributed by atoms with Gasteiger partial charge in [0.05, 0.1) is 13.3 Å². The van der Waals surface area contributed by atoms with Gasteiger partial charge in [-0.3, -0.25) is 9.59 Å². The summed E-state index contributed by atoms with van der Waals surface area (Å²) in [5.41, 5.74) is 0.629. The van der Waals surface area contributed by atoms with Crippen molar-refractivity contribution < 1.29 is 9.53 Å². The molecule has 0 atom stereocenters. The molecule has 0 saturated carbocycles. The average molecular weight is 258 g/mol. The second kappa shape index (κ2) is 5.39. The van der Waals surface area contributed by atoms with Crippen molar-refractivity contribution in [1.82, 2.24) is 4.57 Å². The number of methoxy groups -OCH3 is 1. The maximum atomic E-state index is 12.1. The van der Waals surface area contributed by atoms with Crippen LogP contribution in [0.4, 0.5) is 5.69 Å². The summed E-state index contributed by atoms with van der Waals surface area (Å²) in [6.45, 7) is 0. The first kappa shape index (κ1) is 12.9. The van der Waals surface area contributed by atoms with Crippen molar-refractivity contribution in [2.45, 2.75) is 0 Å². The summed E-state index contributed by atoms with van der Waals surface area (Å²) >= 11 is 0. The normalized spacial score (nSPS) is 10.0. The van der Waals surface area contributed by atoms with Gasteiger partial charge in [-0.1, -0.05) is 18.2 Å². The Labute approximate surface area is 110 Å². The van der Waals surface area contributed by atoms with E-state index in [-0.39, 0.29) is 22.8 Å². The number of ether oxygens (including phenoxy) is 1. The monoisotopic (exact) mass is 258 g/mol. The molecule has 1 amide bonds. The number of aromatic nitrogens is 1. The number of aryl methyl sites for hydroxylation is 1. The van der Waals surface area contributed by atoms with E-state index in [9.17, 15) is 9.59 Å². The topological polar surface area (TPSA) is 60.3 Å². The van der Waals surface area contributed by atoms with E-state index in [2.05, 4.69) is 5.32 Å². The lowest BCUT2D eigenvalue weighted by Gasteiger charge is -2.10. The fraction of sp³-hybridized carbons (Fsp3) is 0.143. The molecule has 0 aliphatic rings. The SMILES string of the molecule is COc1cn(C)c(C(=O)Nc2ccccc2)cc1=O. The van der Waals surface area contributed by atoms with Crippen LogP contribution in [0, 0.1) is 0 Å². The lowest BCUT2D eigenvalue weighted by molar-refractivity contribution is 0.101.